The highest BCUT2D eigenvalue weighted by molar-refractivity contribution is 14.1. The first kappa shape index (κ1) is 10.5. The van der Waals surface area contributed by atoms with Gasteiger partial charge in [0.2, 0.25) is 5.91 Å². The van der Waals surface area contributed by atoms with Crippen molar-refractivity contribution in [2.75, 3.05) is 18.5 Å². The molecule has 2 unspecified atom stereocenters. The lowest BCUT2D eigenvalue weighted by molar-refractivity contribution is -0.125. The highest BCUT2D eigenvalue weighted by atomic mass is 127. The average Bonchev–Trinajstić information content (AvgIpc) is 2.53. The van der Waals surface area contributed by atoms with Crippen molar-refractivity contribution < 1.29 is 9.53 Å². The van der Waals surface area contributed by atoms with Crippen LogP contribution < -0.4 is 5.32 Å². The normalized spacial score (nSPS) is 32.6. The average molecular weight is 329 g/mol. The Labute approximate surface area is 108 Å². The van der Waals surface area contributed by atoms with Gasteiger partial charge in [0.1, 0.15) is 5.41 Å². The van der Waals surface area contributed by atoms with Gasteiger partial charge in [0.05, 0.1) is 13.2 Å². The topological polar surface area (TPSA) is 38.3 Å². The minimum Gasteiger partial charge on any atom is -0.379 e. The third-order valence-electron chi connectivity index (χ3n) is 3.34. The zero-order valence-electron chi connectivity index (χ0n) is 8.70. The molecule has 0 bridgehead atoms. The van der Waals surface area contributed by atoms with E-state index in [2.05, 4.69) is 27.9 Å². The number of hydrogen-bond acceptors (Lipinski definition) is 2. The number of fused-ring (bicyclic) bond motifs is 2. The summed E-state index contributed by atoms with van der Waals surface area (Å²) in [7, 11) is 0. The number of carbonyl (C=O) groups is 1. The lowest BCUT2D eigenvalue weighted by Gasteiger charge is -2.34. The van der Waals surface area contributed by atoms with Gasteiger partial charge < -0.3 is 10.1 Å². The summed E-state index contributed by atoms with van der Waals surface area (Å²) < 4.78 is 5.98. The number of anilines is 1. The monoisotopic (exact) mass is 329 g/mol. The van der Waals surface area contributed by atoms with Crippen LogP contribution in [-0.2, 0) is 14.9 Å². The van der Waals surface area contributed by atoms with Crippen LogP contribution in [0.15, 0.2) is 24.3 Å². The summed E-state index contributed by atoms with van der Waals surface area (Å²) in [4.78, 5) is 12.2. The molecule has 1 aromatic rings. The van der Waals surface area contributed by atoms with E-state index >= 15 is 0 Å². The van der Waals surface area contributed by atoms with Gasteiger partial charge in [-0.05, 0) is 18.1 Å². The van der Waals surface area contributed by atoms with E-state index in [0.29, 0.717) is 10.5 Å². The minimum absolute atomic E-state index is 0.0927. The molecule has 2 heterocycles. The van der Waals surface area contributed by atoms with Crippen molar-refractivity contribution in [2.24, 2.45) is 0 Å². The molecule has 0 radical (unpaired) electrons. The van der Waals surface area contributed by atoms with Crippen molar-refractivity contribution in [3.8, 4) is 0 Å². The standard InChI is InChI=1S/C12H12INO2/c13-8-5-12(7-16-6-8)9-3-1-2-4-10(9)14-11(12)15/h1-4,8H,5-7H2,(H,14,15). The Balaban J connectivity index is 2.09. The third kappa shape index (κ3) is 1.39. The molecule has 1 aromatic carbocycles. The number of alkyl halides is 1. The molecule has 16 heavy (non-hydrogen) atoms. The summed E-state index contributed by atoms with van der Waals surface area (Å²) in [5.41, 5.74) is 1.60. The molecule has 1 amide bonds. The van der Waals surface area contributed by atoms with Crippen molar-refractivity contribution in [2.45, 2.75) is 15.8 Å². The van der Waals surface area contributed by atoms with Crippen LogP contribution in [0.4, 0.5) is 5.69 Å². The number of nitrogens with one attached hydrogen (secondary N) is 1. The predicted molar refractivity (Wildman–Crippen MR) is 70.0 cm³/mol. The van der Waals surface area contributed by atoms with E-state index in [0.717, 1.165) is 24.3 Å². The Kier molecular flexibility index (Phi) is 2.43. The van der Waals surface area contributed by atoms with Gasteiger partial charge in [-0.15, -0.1) is 0 Å². The number of hydrogen-bond donors (Lipinski definition) is 1. The number of carbonyl (C=O) groups excluding carboxylic acids is 1. The molecular formula is C12H12INO2. The van der Waals surface area contributed by atoms with Crippen molar-refractivity contribution in [3.05, 3.63) is 29.8 Å². The zero-order valence-corrected chi connectivity index (χ0v) is 10.9. The number of rotatable bonds is 0. The van der Waals surface area contributed by atoms with Crippen LogP contribution in [0.3, 0.4) is 0 Å². The summed E-state index contributed by atoms with van der Waals surface area (Å²) in [6.45, 7) is 1.26. The molecular weight excluding hydrogens is 317 g/mol. The number of benzene rings is 1. The summed E-state index contributed by atoms with van der Waals surface area (Å²) in [5, 5.41) is 2.96. The molecule has 84 valence electrons. The molecule has 1 saturated heterocycles. The fourth-order valence-electron chi connectivity index (χ4n) is 2.58. The first-order chi connectivity index (χ1) is 7.72. The first-order valence-electron chi connectivity index (χ1n) is 5.35. The fourth-order valence-corrected chi connectivity index (χ4v) is 3.58. The van der Waals surface area contributed by atoms with E-state index in [1.165, 1.54) is 0 Å². The summed E-state index contributed by atoms with van der Waals surface area (Å²) in [6, 6.07) is 7.92. The molecule has 3 nitrogen and oxygen atoms in total. The number of amides is 1. The number of ether oxygens (including phenoxy) is 1. The van der Waals surface area contributed by atoms with Gasteiger partial charge in [0.25, 0.3) is 0 Å². The third-order valence-corrected chi connectivity index (χ3v) is 4.14. The first-order valence-corrected chi connectivity index (χ1v) is 6.60. The fraction of sp³-hybridized carbons (Fsp3) is 0.417. The van der Waals surface area contributed by atoms with E-state index in [4.69, 9.17) is 4.74 Å². The molecule has 1 N–H and O–H groups in total. The van der Waals surface area contributed by atoms with Gasteiger partial charge in [-0.2, -0.15) is 0 Å². The zero-order chi connectivity index (χ0) is 11.2. The van der Waals surface area contributed by atoms with Crippen LogP contribution in [0.5, 0.6) is 0 Å². The van der Waals surface area contributed by atoms with Gasteiger partial charge in [0, 0.05) is 9.61 Å². The number of para-hydroxylation sites is 1. The van der Waals surface area contributed by atoms with Gasteiger partial charge in [-0.1, -0.05) is 40.8 Å². The lowest BCUT2D eigenvalue weighted by Crippen LogP contribution is -2.45. The van der Waals surface area contributed by atoms with Crippen LogP contribution >= 0.6 is 22.6 Å². The maximum absolute atomic E-state index is 12.2. The minimum atomic E-state index is -0.444. The smallest absolute Gasteiger partial charge is 0.237 e. The van der Waals surface area contributed by atoms with E-state index in [1.807, 2.05) is 24.3 Å². The van der Waals surface area contributed by atoms with Crippen molar-refractivity contribution in [3.63, 3.8) is 0 Å². The molecule has 2 aliphatic heterocycles. The van der Waals surface area contributed by atoms with E-state index in [1.54, 1.807) is 0 Å². The van der Waals surface area contributed by atoms with Crippen molar-refractivity contribution in [1.29, 1.82) is 0 Å². The SMILES string of the molecule is O=C1Nc2ccccc2C12COCC(I)C2. The highest BCUT2D eigenvalue weighted by Crippen LogP contribution is 2.44. The van der Waals surface area contributed by atoms with E-state index in [-0.39, 0.29) is 5.91 Å². The molecule has 0 aliphatic carbocycles. The van der Waals surface area contributed by atoms with Crippen molar-refractivity contribution >= 4 is 34.2 Å². The van der Waals surface area contributed by atoms with Crippen LogP contribution in [-0.4, -0.2) is 23.0 Å². The quantitative estimate of drug-likeness (QED) is 0.585. The van der Waals surface area contributed by atoms with Crippen LogP contribution in [0.25, 0.3) is 0 Å². The maximum atomic E-state index is 12.2. The largest absolute Gasteiger partial charge is 0.379 e. The molecule has 0 saturated carbocycles. The highest BCUT2D eigenvalue weighted by Gasteiger charge is 2.49. The summed E-state index contributed by atoms with van der Waals surface area (Å²) in [5.74, 6) is 0.0927. The summed E-state index contributed by atoms with van der Waals surface area (Å²) in [6.07, 6.45) is 0.871. The Morgan fingerprint density at radius 2 is 2.25 bits per heavy atom. The molecule has 0 aromatic heterocycles. The molecule has 1 fully saturated rings. The van der Waals surface area contributed by atoms with E-state index < -0.39 is 5.41 Å². The Hall–Kier alpha value is -0.620. The molecule has 3 rings (SSSR count). The molecule has 2 atom stereocenters. The Morgan fingerprint density at radius 3 is 3.06 bits per heavy atom. The second-order valence-corrected chi connectivity index (χ2v) is 6.16. The Morgan fingerprint density at radius 1 is 1.44 bits per heavy atom. The maximum Gasteiger partial charge on any atom is 0.237 e. The van der Waals surface area contributed by atoms with Crippen LogP contribution in [0.1, 0.15) is 12.0 Å². The molecule has 2 aliphatic rings. The predicted octanol–water partition coefficient (Wildman–Crippen LogP) is 2.10. The lowest BCUT2D eigenvalue weighted by atomic mass is 9.77. The van der Waals surface area contributed by atoms with E-state index in [9.17, 15) is 4.79 Å². The van der Waals surface area contributed by atoms with Gasteiger partial charge in [-0.3, -0.25) is 4.79 Å². The van der Waals surface area contributed by atoms with Crippen LogP contribution in [0.2, 0.25) is 0 Å². The van der Waals surface area contributed by atoms with Gasteiger partial charge in [0.15, 0.2) is 0 Å². The second-order valence-electron chi connectivity index (χ2n) is 4.40. The van der Waals surface area contributed by atoms with Crippen LogP contribution in [0, 0.1) is 0 Å². The second kappa shape index (κ2) is 3.70. The van der Waals surface area contributed by atoms with Gasteiger partial charge in [-0.25, -0.2) is 0 Å². The van der Waals surface area contributed by atoms with Crippen molar-refractivity contribution in [1.82, 2.24) is 0 Å². The summed E-state index contributed by atoms with van der Waals surface area (Å²) >= 11 is 2.36. The molecule has 4 heteroatoms. The number of halogens is 1. The van der Waals surface area contributed by atoms with Gasteiger partial charge >= 0.3 is 0 Å². The molecule has 1 spiro atoms. The Bertz CT molecular complexity index is 448.